The Labute approximate surface area is 87.1 Å². The van der Waals surface area contributed by atoms with Crippen LogP contribution >= 0.6 is 0 Å². The van der Waals surface area contributed by atoms with Gasteiger partial charge in [0.1, 0.15) is 6.04 Å². The number of nitrogens with zero attached hydrogens (tertiary/aromatic N) is 1. The summed E-state index contributed by atoms with van der Waals surface area (Å²) in [6, 6.07) is -0.0549. The van der Waals surface area contributed by atoms with Gasteiger partial charge < -0.3 is 5.11 Å². The fourth-order valence-corrected chi connectivity index (χ4v) is 1.33. The molecule has 0 bridgehead atoms. The Hall–Kier alpha value is -0.570. The highest BCUT2D eigenvalue weighted by molar-refractivity contribution is 5.72. The first-order valence-electron chi connectivity index (χ1n) is 5.31. The average molecular weight is 201 g/mol. The molecule has 0 spiro atoms. The van der Waals surface area contributed by atoms with E-state index in [2.05, 4.69) is 20.8 Å². The fourth-order valence-electron chi connectivity index (χ4n) is 1.33. The summed E-state index contributed by atoms with van der Waals surface area (Å²) in [6.45, 7) is 8.19. The van der Waals surface area contributed by atoms with Gasteiger partial charge in [-0.15, -0.1) is 0 Å². The minimum Gasteiger partial charge on any atom is -0.480 e. The zero-order valence-electron chi connectivity index (χ0n) is 9.95. The van der Waals surface area contributed by atoms with E-state index < -0.39 is 12.0 Å². The molecule has 0 aliphatic carbocycles. The number of hydrogen-bond acceptors (Lipinski definition) is 2. The first-order chi connectivity index (χ1) is 6.36. The van der Waals surface area contributed by atoms with Gasteiger partial charge in [0.2, 0.25) is 0 Å². The molecule has 0 aromatic heterocycles. The molecule has 0 aliphatic rings. The standard InChI is InChI=1S/C11H23NO2/c1-8(2)6-7-9(3)12(5)10(4)11(13)14/h8-10H,6-7H2,1-5H3,(H,13,14). The normalized spacial score (nSPS) is 15.9. The molecule has 3 heteroatoms. The van der Waals surface area contributed by atoms with Crippen LogP contribution in [0.5, 0.6) is 0 Å². The first-order valence-corrected chi connectivity index (χ1v) is 5.31. The van der Waals surface area contributed by atoms with E-state index in [0.29, 0.717) is 12.0 Å². The van der Waals surface area contributed by atoms with Gasteiger partial charge in [0.05, 0.1) is 0 Å². The molecule has 0 fully saturated rings. The smallest absolute Gasteiger partial charge is 0.320 e. The molecule has 0 radical (unpaired) electrons. The molecular weight excluding hydrogens is 178 g/mol. The van der Waals surface area contributed by atoms with E-state index in [1.807, 2.05) is 11.9 Å². The van der Waals surface area contributed by atoms with Gasteiger partial charge in [-0.1, -0.05) is 13.8 Å². The van der Waals surface area contributed by atoms with Crippen LogP contribution in [0.1, 0.15) is 40.5 Å². The zero-order chi connectivity index (χ0) is 11.3. The van der Waals surface area contributed by atoms with Crippen molar-refractivity contribution >= 4 is 5.97 Å². The van der Waals surface area contributed by atoms with Crippen LogP contribution in [-0.4, -0.2) is 35.1 Å². The van der Waals surface area contributed by atoms with Crippen molar-refractivity contribution in [2.24, 2.45) is 5.92 Å². The van der Waals surface area contributed by atoms with Gasteiger partial charge in [-0.05, 0) is 39.7 Å². The van der Waals surface area contributed by atoms with Crippen LogP contribution in [0.15, 0.2) is 0 Å². The van der Waals surface area contributed by atoms with Crippen LogP contribution in [0.3, 0.4) is 0 Å². The molecule has 0 saturated carbocycles. The Balaban J connectivity index is 3.98. The lowest BCUT2D eigenvalue weighted by molar-refractivity contribution is -0.142. The van der Waals surface area contributed by atoms with Gasteiger partial charge in [0.15, 0.2) is 0 Å². The topological polar surface area (TPSA) is 40.5 Å². The number of rotatable bonds is 6. The van der Waals surface area contributed by atoms with Crippen molar-refractivity contribution in [1.29, 1.82) is 0 Å². The van der Waals surface area contributed by atoms with Crippen LogP contribution in [0.4, 0.5) is 0 Å². The van der Waals surface area contributed by atoms with Crippen LogP contribution in [-0.2, 0) is 4.79 Å². The molecule has 3 nitrogen and oxygen atoms in total. The van der Waals surface area contributed by atoms with Gasteiger partial charge in [-0.2, -0.15) is 0 Å². The highest BCUT2D eigenvalue weighted by Crippen LogP contribution is 2.12. The Morgan fingerprint density at radius 3 is 2.07 bits per heavy atom. The highest BCUT2D eigenvalue weighted by Gasteiger charge is 2.21. The van der Waals surface area contributed by atoms with Crippen LogP contribution in [0.2, 0.25) is 0 Å². The Morgan fingerprint density at radius 2 is 1.71 bits per heavy atom. The van der Waals surface area contributed by atoms with E-state index in [1.165, 1.54) is 0 Å². The lowest BCUT2D eigenvalue weighted by atomic mass is 10.0. The summed E-state index contributed by atoms with van der Waals surface area (Å²) in [4.78, 5) is 12.7. The Kier molecular flexibility index (Phi) is 5.77. The maximum absolute atomic E-state index is 10.7. The van der Waals surface area contributed by atoms with E-state index >= 15 is 0 Å². The highest BCUT2D eigenvalue weighted by atomic mass is 16.4. The largest absolute Gasteiger partial charge is 0.480 e. The Morgan fingerprint density at radius 1 is 1.21 bits per heavy atom. The molecular formula is C11H23NO2. The predicted octanol–water partition coefficient (Wildman–Crippen LogP) is 2.22. The molecule has 0 amide bonds. The average Bonchev–Trinajstić information content (AvgIpc) is 2.11. The second kappa shape index (κ2) is 6.02. The number of carbonyl (C=O) groups is 1. The van der Waals surface area contributed by atoms with Crippen molar-refractivity contribution in [3.8, 4) is 0 Å². The second-order valence-electron chi connectivity index (χ2n) is 4.50. The number of carboxylic acids is 1. The number of hydrogen-bond donors (Lipinski definition) is 1. The first kappa shape index (κ1) is 13.4. The summed E-state index contributed by atoms with van der Waals surface area (Å²) >= 11 is 0. The van der Waals surface area contributed by atoms with Gasteiger partial charge in [-0.25, -0.2) is 0 Å². The summed E-state index contributed by atoms with van der Waals surface area (Å²) in [6.07, 6.45) is 2.21. The van der Waals surface area contributed by atoms with Gasteiger partial charge in [0, 0.05) is 6.04 Å². The molecule has 2 atom stereocenters. The molecule has 0 aromatic rings. The Bertz CT molecular complexity index is 180. The van der Waals surface area contributed by atoms with Crippen molar-refractivity contribution in [1.82, 2.24) is 4.90 Å². The summed E-state index contributed by atoms with van der Waals surface area (Å²) < 4.78 is 0. The molecule has 0 aliphatic heterocycles. The van der Waals surface area contributed by atoms with E-state index in [0.717, 1.165) is 12.8 Å². The maximum atomic E-state index is 10.7. The monoisotopic (exact) mass is 201 g/mol. The van der Waals surface area contributed by atoms with E-state index in [1.54, 1.807) is 6.92 Å². The van der Waals surface area contributed by atoms with Crippen LogP contribution < -0.4 is 0 Å². The van der Waals surface area contributed by atoms with Gasteiger partial charge in [0.25, 0.3) is 0 Å². The van der Waals surface area contributed by atoms with Gasteiger partial charge in [-0.3, -0.25) is 9.69 Å². The van der Waals surface area contributed by atoms with E-state index in [9.17, 15) is 4.79 Å². The fraction of sp³-hybridized carbons (Fsp3) is 0.909. The molecule has 84 valence electrons. The lowest BCUT2D eigenvalue weighted by Gasteiger charge is -2.28. The quantitative estimate of drug-likeness (QED) is 0.716. The molecule has 0 heterocycles. The van der Waals surface area contributed by atoms with Crippen molar-refractivity contribution in [3.63, 3.8) is 0 Å². The molecule has 0 saturated heterocycles. The molecule has 1 N–H and O–H groups in total. The van der Waals surface area contributed by atoms with Crippen LogP contribution in [0, 0.1) is 5.92 Å². The molecule has 14 heavy (non-hydrogen) atoms. The third kappa shape index (κ3) is 4.61. The SMILES string of the molecule is CC(C)CCC(C)N(C)C(C)C(=O)O. The summed E-state index contributed by atoms with van der Waals surface area (Å²) in [5.41, 5.74) is 0. The summed E-state index contributed by atoms with van der Waals surface area (Å²) in [5.74, 6) is -0.0603. The van der Waals surface area contributed by atoms with Crippen molar-refractivity contribution in [2.45, 2.75) is 52.6 Å². The van der Waals surface area contributed by atoms with Crippen molar-refractivity contribution in [3.05, 3.63) is 0 Å². The minimum atomic E-state index is -0.746. The lowest BCUT2D eigenvalue weighted by Crippen LogP contribution is -2.41. The van der Waals surface area contributed by atoms with Crippen LogP contribution in [0.25, 0.3) is 0 Å². The van der Waals surface area contributed by atoms with Crippen molar-refractivity contribution < 1.29 is 9.90 Å². The molecule has 0 rings (SSSR count). The second-order valence-corrected chi connectivity index (χ2v) is 4.50. The maximum Gasteiger partial charge on any atom is 0.320 e. The molecule has 2 unspecified atom stereocenters. The van der Waals surface area contributed by atoms with E-state index in [4.69, 9.17) is 5.11 Å². The molecule has 0 aromatic carbocycles. The minimum absolute atomic E-state index is 0.337. The van der Waals surface area contributed by atoms with Crippen molar-refractivity contribution in [2.75, 3.05) is 7.05 Å². The number of aliphatic carboxylic acids is 1. The van der Waals surface area contributed by atoms with E-state index in [-0.39, 0.29) is 0 Å². The number of carboxylic acid groups (broad SMARTS) is 1. The number of likely N-dealkylation sites (N-methyl/N-ethyl adjacent to an activating group) is 1. The summed E-state index contributed by atoms with van der Waals surface area (Å²) in [5, 5.41) is 8.84. The zero-order valence-corrected chi connectivity index (χ0v) is 9.95. The third-order valence-corrected chi connectivity index (χ3v) is 2.83. The third-order valence-electron chi connectivity index (χ3n) is 2.83. The summed E-state index contributed by atoms with van der Waals surface area (Å²) in [7, 11) is 1.88. The van der Waals surface area contributed by atoms with Gasteiger partial charge >= 0.3 is 5.97 Å². The predicted molar refractivity (Wildman–Crippen MR) is 58.4 cm³/mol.